The predicted molar refractivity (Wildman–Crippen MR) is 74.4 cm³/mol. The van der Waals surface area contributed by atoms with E-state index in [0.717, 1.165) is 0 Å². The van der Waals surface area contributed by atoms with Gasteiger partial charge in [0, 0.05) is 18.6 Å². The van der Waals surface area contributed by atoms with Crippen LogP contribution >= 0.6 is 0 Å². The SMILES string of the molecule is CCCC(=O)Nc1cc(OC)c(OC)cc1C(=O)OC. The van der Waals surface area contributed by atoms with E-state index in [4.69, 9.17) is 14.2 Å². The van der Waals surface area contributed by atoms with Crippen molar-refractivity contribution in [2.45, 2.75) is 19.8 Å². The number of amides is 1. The van der Waals surface area contributed by atoms with E-state index in [-0.39, 0.29) is 11.5 Å². The van der Waals surface area contributed by atoms with Crippen molar-refractivity contribution >= 4 is 17.6 Å². The van der Waals surface area contributed by atoms with Crippen LogP contribution in [-0.4, -0.2) is 33.2 Å². The Morgan fingerprint density at radius 3 is 2.20 bits per heavy atom. The highest BCUT2D eigenvalue weighted by atomic mass is 16.5. The number of hydrogen-bond acceptors (Lipinski definition) is 5. The van der Waals surface area contributed by atoms with Gasteiger partial charge < -0.3 is 19.5 Å². The summed E-state index contributed by atoms with van der Waals surface area (Å²) in [5.74, 6) is 0.0796. The Kier molecular flexibility index (Phi) is 5.83. The molecule has 0 aliphatic rings. The van der Waals surface area contributed by atoms with Gasteiger partial charge >= 0.3 is 5.97 Å². The Morgan fingerprint density at radius 2 is 1.70 bits per heavy atom. The van der Waals surface area contributed by atoms with Gasteiger partial charge in [0.05, 0.1) is 32.6 Å². The molecule has 6 nitrogen and oxygen atoms in total. The third-order valence-electron chi connectivity index (χ3n) is 2.68. The van der Waals surface area contributed by atoms with E-state index in [9.17, 15) is 9.59 Å². The third-order valence-corrected chi connectivity index (χ3v) is 2.68. The van der Waals surface area contributed by atoms with Gasteiger partial charge in [0.25, 0.3) is 0 Å². The maximum absolute atomic E-state index is 11.8. The van der Waals surface area contributed by atoms with Crippen molar-refractivity contribution in [3.63, 3.8) is 0 Å². The normalized spacial score (nSPS) is 9.80. The molecule has 1 N–H and O–H groups in total. The van der Waals surface area contributed by atoms with Crippen LogP contribution in [0.25, 0.3) is 0 Å². The van der Waals surface area contributed by atoms with Crippen molar-refractivity contribution in [3.05, 3.63) is 17.7 Å². The molecule has 1 aromatic rings. The fraction of sp³-hybridized carbons (Fsp3) is 0.429. The Balaban J connectivity index is 3.23. The van der Waals surface area contributed by atoms with Gasteiger partial charge in [-0.1, -0.05) is 6.92 Å². The highest BCUT2D eigenvalue weighted by Gasteiger charge is 2.18. The first kappa shape index (κ1) is 15.8. The topological polar surface area (TPSA) is 73.9 Å². The highest BCUT2D eigenvalue weighted by Crippen LogP contribution is 2.33. The second-order valence-corrected chi connectivity index (χ2v) is 4.04. The lowest BCUT2D eigenvalue weighted by Crippen LogP contribution is -2.15. The highest BCUT2D eigenvalue weighted by molar-refractivity contribution is 6.02. The summed E-state index contributed by atoms with van der Waals surface area (Å²) in [7, 11) is 4.22. The number of hydrogen-bond donors (Lipinski definition) is 1. The molecule has 110 valence electrons. The molecule has 0 aliphatic carbocycles. The summed E-state index contributed by atoms with van der Waals surface area (Å²) < 4.78 is 15.0. The average Bonchev–Trinajstić information content (AvgIpc) is 2.46. The fourth-order valence-electron chi connectivity index (χ4n) is 1.70. The molecule has 0 saturated heterocycles. The number of nitrogens with one attached hydrogen (secondary N) is 1. The molecule has 0 fully saturated rings. The summed E-state index contributed by atoms with van der Waals surface area (Å²) in [6.45, 7) is 1.90. The van der Waals surface area contributed by atoms with Gasteiger partial charge in [0.1, 0.15) is 0 Å². The summed E-state index contributed by atoms with van der Waals surface area (Å²) in [6.07, 6.45) is 1.08. The molecule has 6 heteroatoms. The van der Waals surface area contributed by atoms with Crippen LogP contribution in [0.5, 0.6) is 11.5 Å². The molecular formula is C14H19NO5. The second kappa shape index (κ2) is 7.37. The molecule has 0 radical (unpaired) electrons. The Morgan fingerprint density at radius 1 is 1.10 bits per heavy atom. The van der Waals surface area contributed by atoms with Crippen LogP contribution in [0.3, 0.4) is 0 Å². The molecule has 0 aromatic heterocycles. The van der Waals surface area contributed by atoms with Crippen molar-refractivity contribution in [2.24, 2.45) is 0 Å². The molecule has 0 bridgehead atoms. The first-order valence-corrected chi connectivity index (χ1v) is 6.21. The van der Waals surface area contributed by atoms with Gasteiger partial charge in [-0.2, -0.15) is 0 Å². The summed E-state index contributed by atoms with van der Waals surface area (Å²) >= 11 is 0. The monoisotopic (exact) mass is 281 g/mol. The molecule has 20 heavy (non-hydrogen) atoms. The lowest BCUT2D eigenvalue weighted by Gasteiger charge is -2.14. The zero-order valence-corrected chi connectivity index (χ0v) is 12.1. The molecule has 0 saturated carbocycles. The van der Waals surface area contributed by atoms with Crippen LogP contribution < -0.4 is 14.8 Å². The van der Waals surface area contributed by atoms with Crippen molar-refractivity contribution in [1.29, 1.82) is 0 Å². The number of esters is 1. The molecule has 0 unspecified atom stereocenters. The van der Waals surface area contributed by atoms with Crippen LogP contribution in [0.4, 0.5) is 5.69 Å². The van der Waals surface area contributed by atoms with Crippen LogP contribution in [0, 0.1) is 0 Å². The van der Waals surface area contributed by atoms with Crippen LogP contribution in [-0.2, 0) is 9.53 Å². The van der Waals surface area contributed by atoms with Crippen LogP contribution in [0.1, 0.15) is 30.1 Å². The standard InChI is InChI=1S/C14H19NO5/c1-5-6-13(16)15-10-8-12(19-3)11(18-2)7-9(10)14(17)20-4/h7-8H,5-6H2,1-4H3,(H,15,16). The largest absolute Gasteiger partial charge is 0.493 e. The average molecular weight is 281 g/mol. The Bertz CT molecular complexity index is 499. The quantitative estimate of drug-likeness (QED) is 0.809. The smallest absolute Gasteiger partial charge is 0.340 e. The van der Waals surface area contributed by atoms with Gasteiger partial charge in [-0.25, -0.2) is 4.79 Å². The van der Waals surface area contributed by atoms with E-state index >= 15 is 0 Å². The van der Waals surface area contributed by atoms with Crippen molar-refractivity contribution < 1.29 is 23.8 Å². The first-order chi connectivity index (χ1) is 9.57. The molecule has 0 aliphatic heterocycles. The van der Waals surface area contributed by atoms with Crippen LogP contribution in [0.2, 0.25) is 0 Å². The molecule has 0 heterocycles. The molecule has 0 spiro atoms. The third kappa shape index (κ3) is 3.63. The van der Waals surface area contributed by atoms with E-state index in [1.807, 2.05) is 6.92 Å². The minimum Gasteiger partial charge on any atom is -0.493 e. The van der Waals surface area contributed by atoms with Gasteiger partial charge in [0.2, 0.25) is 5.91 Å². The zero-order chi connectivity index (χ0) is 15.1. The maximum atomic E-state index is 11.8. The minimum absolute atomic E-state index is 0.176. The number of carbonyl (C=O) groups excluding carboxylic acids is 2. The van der Waals surface area contributed by atoms with E-state index in [0.29, 0.717) is 30.0 Å². The van der Waals surface area contributed by atoms with Crippen molar-refractivity contribution in [2.75, 3.05) is 26.6 Å². The van der Waals surface area contributed by atoms with E-state index < -0.39 is 5.97 Å². The predicted octanol–water partition coefficient (Wildman–Crippen LogP) is 2.23. The van der Waals surface area contributed by atoms with Crippen molar-refractivity contribution in [1.82, 2.24) is 0 Å². The number of benzene rings is 1. The number of anilines is 1. The molecular weight excluding hydrogens is 262 g/mol. The Hall–Kier alpha value is -2.24. The lowest BCUT2D eigenvalue weighted by molar-refractivity contribution is -0.116. The van der Waals surface area contributed by atoms with Gasteiger partial charge in [-0.15, -0.1) is 0 Å². The maximum Gasteiger partial charge on any atom is 0.340 e. The van der Waals surface area contributed by atoms with Crippen LogP contribution in [0.15, 0.2) is 12.1 Å². The summed E-state index contributed by atoms with van der Waals surface area (Å²) in [5, 5.41) is 2.68. The molecule has 0 atom stereocenters. The minimum atomic E-state index is -0.558. The number of methoxy groups -OCH3 is 3. The van der Waals surface area contributed by atoms with E-state index in [2.05, 4.69) is 5.32 Å². The molecule has 1 amide bonds. The van der Waals surface area contributed by atoms with E-state index in [1.54, 1.807) is 6.07 Å². The second-order valence-electron chi connectivity index (χ2n) is 4.04. The number of rotatable bonds is 6. The summed E-state index contributed by atoms with van der Waals surface area (Å²) in [4.78, 5) is 23.5. The van der Waals surface area contributed by atoms with Gasteiger partial charge in [-0.3, -0.25) is 4.79 Å². The number of ether oxygens (including phenoxy) is 3. The zero-order valence-electron chi connectivity index (χ0n) is 12.1. The lowest BCUT2D eigenvalue weighted by atomic mass is 10.1. The van der Waals surface area contributed by atoms with Gasteiger partial charge in [0.15, 0.2) is 11.5 Å². The summed E-state index contributed by atoms with van der Waals surface area (Å²) in [5.41, 5.74) is 0.558. The molecule has 1 rings (SSSR count). The van der Waals surface area contributed by atoms with Gasteiger partial charge in [-0.05, 0) is 6.42 Å². The number of carbonyl (C=O) groups is 2. The van der Waals surface area contributed by atoms with Crippen molar-refractivity contribution in [3.8, 4) is 11.5 Å². The fourth-order valence-corrected chi connectivity index (χ4v) is 1.70. The summed E-state index contributed by atoms with van der Waals surface area (Å²) in [6, 6.07) is 3.02. The molecule has 1 aromatic carbocycles. The first-order valence-electron chi connectivity index (χ1n) is 6.21. The Labute approximate surface area is 118 Å². The van der Waals surface area contributed by atoms with E-state index in [1.165, 1.54) is 27.4 Å².